The fourth-order valence-corrected chi connectivity index (χ4v) is 3.25. The molecule has 0 spiro atoms. The molecule has 0 aliphatic carbocycles. The molecule has 29 heavy (non-hydrogen) atoms. The maximum absolute atomic E-state index is 12.3. The van der Waals surface area contributed by atoms with E-state index in [4.69, 9.17) is 4.74 Å². The van der Waals surface area contributed by atoms with Crippen LogP contribution >= 0.6 is 0 Å². The van der Waals surface area contributed by atoms with Gasteiger partial charge >= 0.3 is 5.97 Å². The van der Waals surface area contributed by atoms with Gasteiger partial charge in [0.1, 0.15) is 5.69 Å². The summed E-state index contributed by atoms with van der Waals surface area (Å²) in [4.78, 5) is 34.6. The Hall–Kier alpha value is -3.31. The van der Waals surface area contributed by atoms with Gasteiger partial charge in [-0.3, -0.25) is 14.9 Å². The number of anilines is 1. The number of hydrogen-bond acceptors (Lipinski definition) is 7. The zero-order chi connectivity index (χ0) is 21.8. The van der Waals surface area contributed by atoms with Gasteiger partial charge in [-0.15, -0.1) is 0 Å². The van der Waals surface area contributed by atoms with Crippen LogP contribution in [-0.4, -0.2) is 50.2 Å². The zero-order valence-corrected chi connectivity index (χ0v) is 16.7. The molecule has 0 unspecified atom stereocenters. The molecule has 0 saturated carbocycles. The quantitative estimate of drug-likeness (QED) is 0.410. The summed E-state index contributed by atoms with van der Waals surface area (Å²) in [5.74, 6) is -1.67. The molecule has 1 N–H and O–H groups in total. The summed E-state index contributed by atoms with van der Waals surface area (Å²) in [6.45, 7) is 0.894. The Labute approximate surface area is 167 Å². The first-order valence-electron chi connectivity index (χ1n) is 8.27. The molecular weight excluding hydrogens is 402 g/mol. The van der Waals surface area contributed by atoms with E-state index in [2.05, 4.69) is 5.32 Å². The molecule has 0 bridgehead atoms. The second kappa shape index (κ2) is 8.80. The number of rotatable bonds is 7. The Balaban J connectivity index is 2.12. The van der Waals surface area contributed by atoms with E-state index in [9.17, 15) is 28.1 Å². The molecule has 0 fully saturated rings. The predicted octanol–water partition coefficient (Wildman–Crippen LogP) is 1.95. The first-order valence-corrected chi connectivity index (χ1v) is 9.71. The standard InChI is InChI=1S/C18H19N3O7S/c1-12-8-9-13(29(26,27)20(2)3)10-14(12)18(23)28-11-17(22)19-15-6-4-5-7-16(15)21(24)25/h4-10H,11H2,1-3H3,(H,19,22). The van der Waals surface area contributed by atoms with Crippen molar-refractivity contribution in [2.45, 2.75) is 11.8 Å². The predicted molar refractivity (Wildman–Crippen MR) is 104 cm³/mol. The summed E-state index contributed by atoms with van der Waals surface area (Å²) in [6, 6.07) is 9.52. The number of benzene rings is 2. The number of carbonyl (C=O) groups is 2. The molecule has 1 amide bonds. The molecular formula is C18H19N3O7S. The van der Waals surface area contributed by atoms with E-state index in [1.807, 2.05) is 0 Å². The highest BCUT2D eigenvalue weighted by Crippen LogP contribution is 2.23. The van der Waals surface area contributed by atoms with E-state index in [-0.39, 0.29) is 21.8 Å². The zero-order valence-electron chi connectivity index (χ0n) is 15.9. The van der Waals surface area contributed by atoms with Crippen molar-refractivity contribution >= 4 is 33.3 Å². The van der Waals surface area contributed by atoms with Crippen LogP contribution in [0.2, 0.25) is 0 Å². The van der Waals surface area contributed by atoms with Gasteiger partial charge in [-0.2, -0.15) is 0 Å². The third kappa shape index (κ3) is 5.15. The van der Waals surface area contributed by atoms with Crippen molar-refractivity contribution in [3.8, 4) is 0 Å². The van der Waals surface area contributed by atoms with Crippen molar-refractivity contribution < 1.29 is 27.7 Å². The van der Waals surface area contributed by atoms with Crippen LogP contribution in [0, 0.1) is 17.0 Å². The molecule has 2 aromatic rings. The average molecular weight is 421 g/mol. The highest BCUT2D eigenvalue weighted by atomic mass is 32.2. The molecule has 0 aromatic heterocycles. The van der Waals surface area contributed by atoms with Crippen LogP contribution in [0.4, 0.5) is 11.4 Å². The van der Waals surface area contributed by atoms with Crippen molar-refractivity contribution in [3.63, 3.8) is 0 Å². The maximum atomic E-state index is 12.3. The summed E-state index contributed by atoms with van der Waals surface area (Å²) in [5, 5.41) is 13.3. The number of amides is 1. The SMILES string of the molecule is Cc1ccc(S(=O)(=O)N(C)C)cc1C(=O)OCC(=O)Nc1ccccc1[N+](=O)[O-]. The van der Waals surface area contributed by atoms with E-state index >= 15 is 0 Å². The van der Waals surface area contributed by atoms with Crippen molar-refractivity contribution in [1.82, 2.24) is 4.31 Å². The minimum absolute atomic E-state index is 0.00795. The van der Waals surface area contributed by atoms with Gasteiger partial charge in [0.2, 0.25) is 10.0 Å². The molecule has 0 radical (unpaired) electrons. The Morgan fingerprint density at radius 2 is 1.83 bits per heavy atom. The number of sulfonamides is 1. The van der Waals surface area contributed by atoms with Gasteiger partial charge in [0, 0.05) is 20.2 Å². The van der Waals surface area contributed by atoms with Gasteiger partial charge in [-0.05, 0) is 30.7 Å². The molecule has 154 valence electrons. The van der Waals surface area contributed by atoms with Crippen LogP contribution < -0.4 is 5.32 Å². The topological polar surface area (TPSA) is 136 Å². The molecule has 0 heterocycles. The third-order valence-electron chi connectivity index (χ3n) is 3.92. The number of esters is 1. The first-order chi connectivity index (χ1) is 13.5. The smallest absolute Gasteiger partial charge is 0.338 e. The number of para-hydroxylation sites is 2. The normalized spacial score (nSPS) is 11.2. The Bertz CT molecular complexity index is 1060. The van der Waals surface area contributed by atoms with E-state index in [0.29, 0.717) is 5.56 Å². The summed E-state index contributed by atoms with van der Waals surface area (Å²) in [7, 11) is -1.03. The van der Waals surface area contributed by atoms with E-state index in [0.717, 1.165) is 4.31 Å². The van der Waals surface area contributed by atoms with Crippen LogP contribution in [0.15, 0.2) is 47.4 Å². The first kappa shape index (κ1) is 22.0. The Morgan fingerprint density at radius 3 is 2.45 bits per heavy atom. The number of hydrogen-bond donors (Lipinski definition) is 1. The third-order valence-corrected chi connectivity index (χ3v) is 5.73. The largest absolute Gasteiger partial charge is 0.452 e. The second-order valence-electron chi connectivity index (χ2n) is 6.16. The Morgan fingerprint density at radius 1 is 1.17 bits per heavy atom. The highest BCUT2D eigenvalue weighted by Gasteiger charge is 2.22. The highest BCUT2D eigenvalue weighted by molar-refractivity contribution is 7.89. The lowest BCUT2D eigenvalue weighted by atomic mass is 10.1. The number of nitro benzene ring substituents is 1. The summed E-state index contributed by atoms with van der Waals surface area (Å²) < 4.78 is 30.4. The minimum Gasteiger partial charge on any atom is -0.452 e. The molecule has 2 aromatic carbocycles. The van der Waals surface area contributed by atoms with Gasteiger partial charge in [0.15, 0.2) is 6.61 Å². The van der Waals surface area contributed by atoms with Crippen molar-refractivity contribution in [2.24, 2.45) is 0 Å². The fraction of sp³-hybridized carbons (Fsp3) is 0.222. The maximum Gasteiger partial charge on any atom is 0.338 e. The van der Waals surface area contributed by atoms with Gasteiger partial charge in [-0.25, -0.2) is 17.5 Å². The summed E-state index contributed by atoms with van der Waals surface area (Å²) in [5.41, 5.74) is 0.122. The van der Waals surface area contributed by atoms with Gasteiger partial charge < -0.3 is 10.1 Å². The number of aryl methyl sites for hydroxylation is 1. The molecule has 0 aliphatic heterocycles. The number of carbonyl (C=O) groups excluding carboxylic acids is 2. The van der Waals surface area contributed by atoms with E-state index in [1.54, 1.807) is 6.92 Å². The second-order valence-corrected chi connectivity index (χ2v) is 8.31. The van der Waals surface area contributed by atoms with Crippen LogP contribution in [0.3, 0.4) is 0 Å². The molecule has 0 atom stereocenters. The fourth-order valence-electron chi connectivity index (χ4n) is 2.33. The van der Waals surface area contributed by atoms with Gasteiger partial charge in [0.25, 0.3) is 11.6 Å². The number of nitro groups is 1. The lowest BCUT2D eigenvalue weighted by Gasteiger charge is -2.13. The van der Waals surface area contributed by atoms with Crippen molar-refractivity contribution in [2.75, 3.05) is 26.0 Å². The number of nitrogens with zero attached hydrogens (tertiary/aromatic N) is 2. The molecule has 10 nitrogen and oxygen atoms in total. The van der Waals surface area contributed by atoms with Crippen LogP contribution in [0.1, 0.15) is 15.9 Å². The van der Waals surface area contributed by atoms with Gasteiger partial charge in [0.05, 0.1) is 15.4 Å². The molecule has 0 aliphatic rings. The summed E-state index contributed by atoms with van der Waals surface area (Å²) >= 11 is 0. The van der Waals surface area contributed by atoms with Crippen LogP contribution in [0.5, 0.6) is 0 Å². The Kier molecular flexibility index (Phi) is 6.67. The van der Waals surface area contributed by atoms with Crippen LogP contribution in [-0.2, 0) is 19.6 Å². The van der Waals surface area contributed by atoms with Gasteiger partial charge in [-0.1, -0.05) is 18.2 Å². The lowest BCUT2D eigenvalue weighted by Crippen LogP contribution is -2.23. The van der Waals surface area contributed by atoms with Crippen molar-refractivity contribution in [3.05, 3.63) is 63.7 Å². The molecule has 0 saturated heterocycles. The number of ether oxygens (including phenoxy) is 1. The van der Waals surface area contributed by atoms with E-state index in [1.165, 1.54) is 56.6 Å². The van der Waals surface area contributed by atoms with Crippen LogP contribution in [0.25, 0.3) is 0 Å². The van der Waals surface area contributed by atoms with Crippen molar-refractivity contribution in [1.29, 1.82) is 0 Å². The summed E-state index contributed by atoms with van der Waals surface area (Å²) in [6.07, 6.45) is 0. The monoisotopic (exact) mass is 421 g/mol. The molecule has 2 rings (SSSR count). The lowest BCUT2D eigenvalue weighted by molar-refractivity contribution is -0.383. The molecule has 11 heteroatoms. The average Bonchev–Trinajstić information content (AvgIpc) is 2.66. The van der Waals surface area contributed by atoms with E-state index < -0.39 is 33.4 Å². The minimum atomic E-state index is -3.75. The number of nitrogens with one attached hydrogen (secondary N) is 1.